The van der Waals surface area contributed by atoms with Crippen molar-refractivity contribution in [2.45, 2.75) is 27.7 Å². The Labute approximate surface area is 105 Å². The van der Waals surface area contributed by atoms with E-state index >= 15 is 0 Å². The number of allylic oxidation sites excluding steroid dienone is 2. The number of hydrogen-bond donors (Lipinski definition) is 0. The number of aryl methyl sites for hydroxylation is 1. The van der Waals surface area contributed by atoms with Crippen molar-refractivity contribution in [2.75, 3.05) is 0 Å². The highest BCUT2D eigenvalue weighted by Crippen LogP contribution is 2.19. The van der Waals surface area contributed by atoms with Crippen LogP contribution in [0.25, 0.3) is 24.2 Å². The van der Waals surface area contributed by atoms with E-state index in [0.717, 1.165) is 43.7 Å². The Kier molecular flexibility index (Phi) is 3.82. The predicted molar refractivity (Wildman–Crippen MR) is 80.2 cm³/mol. The van der Waals surface area contributed by atoms with Crippen molar-refractivity contribution in [2.24, 2.45) is 0 Å². The fourth-order valence-electron chi connectivity index (χ4n) is 1.96. The smallest absolute Gasteiger partial charge is 0.0955 e. The van der Waals surface area contributed by atoms with Gasteiger partial charge in [0.05, 0.1) is 0 Å². The van der Waals surface area contributed by atoms with E-state index < -0.39 is 0 Å². The zero-order chi connectivity index (χ0) is 13.3. The molecule has 0 aliphatic heterocycles. The zero-order valence-corrected chi connectivity index (χ0v) is 11.3. The second-order valence-corrected chi connectivity index (χ2v) is 4.78. The van der Waals surface area contributed by atoms with E-state index in [1.54, 1.807) is 0 Å². The van der Waals surface area contributed by atoms with Crippen LogP contribution in [0.4, 0.5) is 0 Å². The van der Waals surface area contributed by atoms with Gasteiger partial charge in [0.1, 0.15) is 7.85 Å². The summed E-state index contributed by atoms with van der Waals surface area (Å²) in [7, 11) is 6.19. The highest BCUT2D eigenvalue weighted by atomic mass is 14.1. The van der Waals surface area contributed by atoms with Crippen LogP contribution in [0.15, 0.2) is 18.2 Å². The molecule has 86 valence electrons. The summed E-state index contributed by atoms with van der Waals surface area (Å²) in [5.41, 5.74) is 5.96. The number of benzene rings is 1. The van der Waals surface area contributed by atoms with E-state index in [4.69, 9.17) is 7.85 Å². The summed E-state index contributed by atoms with van der Waals surface area (Å²) in [6, 6.07) is 2.04. The van der Waals surface area contributed by atoms with Crippen LogP contribution in [-0.2, 0) is 0 Å². The zero-order valence-electron chi connectivity index (χ0n) is 11.3. The van der Waals surface area contributed by atoms with Crippen molar-refractivity contribution in [3.63, 3.8) is 0 Å². The number of hydrogen-bond acceptors (Lipinski definition) is 0. The molecular formula is C16H19B. The van der Waals surface area contributed by atoms with Crippen molar-refractivity contribution in [3.05, 3.63) is 45.3 Å². The summed E-state index contributed by atoms with van der Waals surface area (Å²) in [6.45, 7) is 20.2. The third-order valence-corrected chi connectivity index (χ3v) is 2.97. The van der Waals surface area contributed by atoms with E-state index in [9.17, 15) is 0 Å². The molecule has 0 fully saturated rings. The molecule has 1 heteroatoms. The summed E-state index contributed by atoms with van der Waals surface area (Å²) in [5, 5.41) is 1.93. The Bertz CT molecular complexity index is 599. The van der Waals surface area contributed by atoms with Crippen molar-refractivity contribution in [3.8, 4) is 0 Å². The molecule has 2 radical (unpaired) electrons. The lowest BCUT2D eigenvalue weighted by molar-refractivity contribution is 1.32. The maximum atomic E-state index is 6.19. The SMILES string of the molecule is [B]C(=C(C)C)c1c(C(=C)C)c(=C)cc(C)c1=C. The molecule has 0 amide bonds. The fraction of sp³-hybridized carbons (Fsp3) is 0.250. The van der Waals surface area contributed by atoms with E-state index in [-0.39, 0.29) is 0 Å². The van der Waals surface area contributed by atoms with Crippen molar-refractivity contribution >= 4 is 32.0 Å². The maximum absolute atomic E-state index is 6.19. The average molecular weight is 222 g/mol. The Balaban J connectivity index is 3.92. The Morgan fingerprint density at radius 3 is 2.06 bits per heavy atom. The minimum absolute atomic E-state index is 0.779. The summed E-state index contributed by atoms with van der Waals surface area (Å²) < 4.78 is 0. The predicted octanol–water partition coefficient (Wildman–Crippen LogP) is 2.77. The highest BCUT2D eigenvalue weighted by molar-refractivity contribution is 6.43. The summed E-state index contributed by atoms with van der Waals surface area (Å²) in [4.78, 5) is 0. The molecule has 0 aliphatic rings. The van der Waals surface area contributed by atoms with Gasteiger partial charge in [0, 0.05) is 0 Å². The van der Waals surface area contributed by atoms with E-state index in [0.29, 0.717) is 0 Å². The average Bonchev–Trinajstić information content (AvgIpc) is 2.21. The van der Waals surface area contributed by atoms with E-state index in [1.807, 2.05) is 33.8 Å². The van der Waals surface area contributed by atoms with Gasteiger partial charge in [-0.2, -0.15) is 0 Å². The van der Waals surface area contributed by atoms with Crippen LogP contribution in [0.3, 0.4) is 0 Å². The first-order chi connectivity index (χ1) is 7.77. The topological polar surface area (TPSA) is 0 Å². The summed E-state index contributed by atoms with van der Waals surface area (Å²) in [6.07, 6.45) is 0. The van der Waals surface area contributed by atoms with Gasteiger partial charge in [-0.1, -0.05) is 36.8 Å². The minimum atomic E-state index is 0.779. The quantitative estimate of drug-likeness (QED) is 0.675. The van der Waals surface area contributed by atoms with Gasteiger partial charge in [0.15, 0.2) is 0 Å². The maximum Gasteiger partial charge on any atom is 0.114 e. The Morgan fingerprint density at radius 2 is 1.65 bits per heavy atom. The Morgan fingerprint density at radius 1 is 1.12 bits per heavy atom. The molecule has 0 bridgehead atoms. The van der Waals surface area contributed by atoms with Crippen LogP contribution in [0, 0.1) is 6.92 Å². The molecule has 0 spiro atoms. The molecule has 0 saturated heterocycles. The molecule has 0 nitrogen and oxygen atoms in total. The molecule has 1 aromatic rings. The molecule has 0 N–H and O–H groups in total. The van der Waals surface area contributed by atoms with Gasteiger partial charge < -0.3 is 0 Å². The van der Waals surface area contributed by atoms with Crippen LogP contribution >= 0.6 is 0 Å². The van der Waals surface area contributed by atoms with Crippen LogP contribution < -0.4 is 10.4 Å². The van der Waals surface area contributed by atoms with Crippen LogP contribution in [0.2, 0.25) is 0 Å². The van der Waals surface area contributed by atoms with Gasteiger partial charge in [0.2, 0.25) is 0 Å². The molecule has 17 heavy (non-hydrogen) atoms. The minimum Gasteiger partial charge on any atom is -0.0955 e. The molecule has 1 aromatic carbocycles. The third-order valence-electron chi connectivity index (χ3n) is 2.97. The molecule has 0 unspecified atom stereocenters. The lowest BCUT2D eigenvalue weighted by Gasteiger charge is -2.15. The van der Waals surface area contributed by atoms with Crippen LogP contribution in [0.5, 0.6) is 0 Å². The van der Waals surface area contributed by atoms with Gasteiger partial charge >= 0.3 is 0 Å². The number of rotatable bonds is 2. The first kappa shape index (κ1) is 13.6. The third kappa shape index (κ3) is 2.44. The van der Waals surface area contributed by atoms with E-state index in [2.05, 4.69) is 19.7 Å². The normalized spacial score (nSPS) is 10.1. The second kappa shape index (κ2) is 4.79. The van der Waals surface area contributed by atoms with Gasteiger partial charge in [0.25, 0.3) is 0 Å². The van der Waals surface area contributed by atoms with Crippen LogP contribution in [0.1, 0.15) is 37.5 Å². The monoisotopic (exact) mass is 222 g/mol. The first-order valence-electron chi connectivity index (χ1n) is 5.68. The molecular weight excluding hydrogens is 203 g/mol. The second-order valence-electron chi connectivity index (χ2n) is 4.78. The Hall–Kier alpha value is -1.50. The fourth-order valence-corrected chi connectivity index (χ4v) is 1.96. The molecule has 1 rings (SSSR count). The van der Waals surface area contributed by atoms with Gasteiger partial charge in [-0.3, -0.25) is 0 Å². The van der Waals surface area contributed by atoms with Crippen molar-refractivity contribution in [1.29, 1.82) is 0 Å². The highest BCUT2D eigenvalue weighted by Gasteiger charge is 2.09. The molecule has 0 aromatic heterocycles. The largest absolute Gasteiger partial charge is 0.114 e. The van der Waals surface area contributed by atoms with Crippen LogP contribution in [-0.4, -0.2) is 7.85 Å². The van der Waals surface area contributed by atoms with Crippen molar-refractivity contribution in [1.82, 2.24) is 0 Å². The summed E-state index contributed by atoms with van der Waals surface area (Å²) in [5.74, 6) is 0. The molecule has 0 saturated carbocycles. The summed E-state index contributed by atoms with van der Waals surface area (Å²) >= 11 is 0. The van der Waals surface area contributed by atoms with Gasteiger partial charge in [-0.25, -0.2) is 0 Å². The molecule has 0 aliphatic carbocycles. The lowest BCUT2D eigenvalue weighted by atomic mass is 9.79. The van der Waals surface area contributed by atoms with Gasteiger partial charge in [-0.15, -0.1) is 0 Å². The standard InChI is InChI=1S/C16H19B/c1-9(2)14-12(6)8-11(5)13(7)15(14)16(17)10(3)4/h8H,1,6-7H2,2-5H3. The van der Waals surface area contributed by atoms with Gasteiger partial charge in [-0.05, 0) is 60.4 Å². The lowest BCUT2D eigenvalue weighted by Crippen LogP contribution is -2.22. The first-order valence-corrected chi connectivity index (χ1v) is 5.68. The van der Waals surface area contributed by atoms with Crippen molar-refractivity contribution < 1.29 is 0 Å². The van der Waals surface area contributed by atoms with E-state index in [1.165, 1.54) is 0 Å². The molecule has 0 atom stereocenters. The molecule has 0 heterocycles.